The minimum absolute atomic E-state index is 0. The molecule has 1 unspecified atom stereocenters. The molecule has 0 aromatic rings. The largest absolute Gasteiger partial charge is 0.355 e. The SMILES string of the molecule is CC1CCC(NS(=O)(=O)CC(=O)NCC(C)CN)CC1.Cl. The van der Waals surface area contributed by atoms with Crippen LogP contribution in [0, 0.1) is 11.8 Å². The molecule has 0 spiro atoms. The summed E-state index contributed by atoms with van der Waals surface area (Å²) in [5, 5.41) is 2.60. The van der Waals surface area contributed by atoms with Crippen molar-refractivity contribution in [2.45, 2.75) is 45.6 Å². The van der Waals surface area contributed by atoms with Gasteiger partial charge in [0.15, 0.2) is 0 Å². The van der Waals surface area contributed by atoms with Crippen molar-refractivity contribution >= 4 is 28.3 Å². The van der Waals surface area contributed by atoms with E-state index in [0.717, 1.165) is 25.7 Å². The summed E-state index contributed by atoms with van der Waals surface area (Å²) in [6.07, 6.45) is 3.78. The van der Waals surface area contributed by atoms with E-state index in [-0.39, 0.29) is 24.4 Å². The standard InChI is InChI=1S/C13H27N3O3S.ClH/c1-10-3-5-12(6-4-10)16-20(18,19)9-13(17)15-8-11(2)7-14;/h10-12,16H,3-9,14H2,1-2H3,(H,15,17);1H. The van der Waals surface area contributed by atoms with Gasteiger partial charge in [-0.15, -0.1) is 12.4 Å². The third kappa shape index (κ3) is 8.60. The quantitative estimate of drug-likeness (QED) is 0.631. The van der Waals surface area contributed by atoms with Crippen LogP contribution in [-0.4, -0.2) is 39.2 Å². The van der Waals surface area contributed by atoms with Crippen molar-refractivity contribution in [2.24, 2.45) is 17.6 Å². The first kappa shape index (κ1) is 20.6. The molecule has 8 heteroatoms. The molecule has 6 nitrogen and oxygen atoms in total. The average molecular weight is 342 g/mol. The van der Waals surface area contributed by atoms with E-state index in [9.17, 15) is 13.2 Å². The Morgan fingerprint density at radius 1 is 1.29 bits per heavy atom. The molecule has 0 aromatic carbocycles. The van der Waals surface area contributed by atoms with E-state index in [4.69, 9.17) is 5.73 Å². The average Bonchev–Trinajstić information content (AvgIpc) is 2.37. The van der Waals surface area contributed by atoms with Gasteiger partial charge in [0.05, 0.1) is 0 Å². The summed E-state index contributed by atoms with van der Waals surface area (Å²) in [5.41, 5.74) is 5.44. The zero-order chi connectivity index (χ0) is 15.2. The van der Waals surface area contributed by atoms with Gasteiger partial charge in [-0.3, -0.25) is 4.79 Å². The Kier molecular flexibility index (Phi) is 9.44. The van der Waals surface area contributed by atoms with Gasteiger partial charge in [0.25, 0.3) is 0 Å². The van der Waals surface area contributed by atoms with Gasteiger partial charge in [0.2, 0.25) is 15.9 Å². The van der Waals surface area contributed by atoms with Crippen molar-refractivity contribution in [3.05, 3.63) is 0 Å². The van der Waals surface area contributed by atoms with Crippen molar-refractivity contribution in [3.8, 4) is 0 Å². The van der Waals surface area contributed by atoms with Gasteiger partial charge in [0.1, 0.15) is 5.75 Å². The van der Waals surface area contributed by atoms with E-state index in [0.29, 0.717) is 19.0 Å². The van der Waals surface area contributed by atoms with Crippen LogP contribution in [0.2, 0.25) is 0 Å². The first-order valence-corrected chi connectivity index (χ1v) is 8.94. The number of sulfonamides is 1. The summed E-state index contributed by atoms with van der Waals surface area (Å²) in [7, 11) is -3.55. The fourth-order valence-corrected chi connectivity index (χ4v) is 3.54. The topological polar surface area (TPSA) is 101 Å². The first-order chi connectivity index (χ1) is 9.32. The molecule has 0 aliphatic heterocycles. The molecule has 1 aliphatic rings. The number of amides is 1. The highest BCUT2D eigenvalue weighted by Crippen LogP contribution is 2.23. The minimum Gasteiger partial charge on any atom is -0.355 e. The van der Waals surface area contributed by atoms with E-state index in [1.807, 2.05) is 6.92 Å². The molecule has 4 N–H and O–H groups in total. The van der Waals surface area contributed by atoms with E-state index >= 15 is 0 Å². The second-order valence-electron chi connectivity index (χ2n) is 5.98. The van der Waals surface area contributed by atoms with Crippen LogP contribution in [0.3, 0.4) is 0 Å². The van der Waals surface area contributed by atoms with E-state index in [1.54, 1.807) is 0 Å². The van der Waals surface area contributed by atoms with Crippen LogP contribution in [0.5, 0.6) is 0 Å². The number of hydrogen-bond acceptors (Lipinski definition) is 4. The molecular weight excluding hydrogens is 314 g/mol. The monoisotopic (exact) mass is 341 g/mol. The predicted octanol–water partition coefficient (Wildman–Crippen LogP) is 0.617. The lowest BCUT2D eigenvalue weighted by Crippen LogP contribution is -2.43. The molecule has 1 saturated carbocycles. The molecule has 1 fully saturated rings. The fraction of sp³-hybridized carbons (Fsp3) is 0.923. The van der Waals surface area contributed by atoms with E-state index < -0.39 is 21.7 Å². The van der Waals surface area contributed by atoms with Gasteiger partial charge in [-0.25, -0.2) is 13.1 Å². The Balaban J connectivity index is 0.00000400. The normalized spacial score (nSPS) is 24.0. The molecule has 0 heterocycles. The molecule has 0 saturated heterocycles. The Labute approximate surface area is 134 Å². The molecule has 1 rings (SSSR count). The van der Waals surface area contributed by atoms with Crippen LogP contribution in [0.25, 0.3) is 0 Å². The highest BCUT2D eigenvalue weighted by atomic mass is 35.5. The number of carbonyl (C=O) groups is 1. The molecule has 0 aromatic heterocycles. The highest BCUT2D eigenvalue weighted by molar-refractivity contribution is 7.90. The van der Waals surface area contributed by atoms with Crippen LogP contribution in [0.1, 0.15) is 39.5 Å². The Morgan fingerprint density at radius 3 is 2.38 bits per heavy atom. The highest BCUT2D eigenvalue weighted by Gasteiger charge is 2.24. The van der Waals surface area contributed by atoms with Crippen molar-refractivity contribution in [1.29, 1.82) is 0 Å². The number of carbonyl (C=O) groups excluding carboxylic acids is 1. The molecule has 1 atom stereocenters. The second-order valence-corrected chi connectivity index (χ2v) is 7.73. The lowest BCUT2D eigenvalue weighted by molar-refractivity contribution is -0.118. The summed E-state index contributed by atoms with van der Waals surface area (Å²) in [6, 6.07) is -0.0213. The maximum absolute atomic E-state index is 11.9. The van der Waals surface area contributed by atoms with E-state index in [1.165, 1.54) is 0 Å². The maximum Gasteiger partial charge on any atom is 0.236 e. The molecule has 1 amide bonds. The zero-order valence-corrected chi connectivity index (χ0v) is 14.4. The van der Waals surface area contributed by atoms with Crippen LogP contribution >= 0.6 is 12.4 Å². The molecule has 0 radical (unpaired) electrons. The van der Waals surface area contributed by atoms with Crippen LogP contribution in [0.4, 0.5) is 0 Å². The van der Waals surface area contributed by atoms with Crippen LogP contribution < -0.4 is 15.8 Å². The smallest absolute Gasteiger partial charge is 0.236 e. The maximum atomic E-state index is 11.9. The number of nitrogens with two attached hydrogens (primary N) is 1. The Morgan fingerprint density at radius 2 is 1.86 bits per heavy atom. The Hall–Kier alpha value is -0.370. The summed E-state index contributed by atoms with van der Waals surface area (Å²) in [5.74, 6) is -0.163. The van der Waals surface area contributed by atoms with Gasteiger partial charge in [0, 0.05) is 12.6 Å². The van der Waals surface area contributed by atoms with E-state index in [2.05, 4.69) is 17.0 Å². The molecule has 21 heavy (non-hydrogen) atoms. The van der Waals surface area contributed by atoms with Crippen LogP contribution in [-0.2, 0) is 14.8 Å². The van der Waals surface area contributed by atoms with Crippen molar-refractivity contribution in [1.82, 2.24) is 10.0 Å². The molecule has 1 aliphatic carbocycles. The number of hydrogen-bond donors (Lipinski definition) is 3. The van der Waals surface area contributed by atoms with Gasteiger partial charge in [-0.05, 0) is 44.1 Å². The summed E-state index contributed by atoms with van der Waals surface area (Å²) in [4.78, 5) is 11.6. The summed E-state index contributed by atoms with van der Waals surface area (Å²) >= 11 is 0. The molecular formula is C13H28ClN3O3S. The Bertz CT molecular complexity index is 409. The van der Waals surface area contributed by atoms with Gasteiger partial charge >= 0.3 is 0 Å². The third-order valence-electron chi connectivity index (χ3n) is 3.73. The van der Waals surface area contributed by atoms with Gasteiger partial charge < -0.3 is 11.1 Å². The lowest BCUT2D eigenvalue weighted by Gasteiger charge is -2.26. The number of rotatable bonds is 7. The van der Waals surface area contributed by atoms with Crippen molar-refractivity contribution in [2.75, 3.05) is 18.8 Å². The van der Waals surface area contributed by atoms with Crippen molar-refractivity contribution in [3.63, 3.8) is 0 Å². The van der Waals surface area contributed by atoms with Gasteiger partial charge in [-0.2, -0.15) is 0 Å². The molecule has 126 valence electrons. The predicted molar refractivity (Wildman–Crippen MR) is 86.8 cm³/mol. The van der Waals surface area contributed by atoms with Crippen molar-refractivity contribution < 1.29 is 13.2 Å². The zero-order valence-electron chi connectivity index (χ0n) is 12.8. The first-order valence-electron chi connectivity index (χ1n) is 7.29. The second kappa shape index (κ2) is 9.61. The fourth-order valence-electron chi connectivity index (χ4n) is 2.27. The minimum atomic E-state index is -3.55. The van der Waals surface area contributed by atoms with Gasteiger partial charge in [-0.1, -0.05) is 13.8 Å². The number of nitrogens with one attached hydrogen (secondary N) is 2. The summed E-state index contributed by atoms with van der Waals surface area (Å²) in [6.45, 7) is 4.95. The molecule has 0 bridgehead atoms. The summed E-state index contributed by atoms with van der Waals surface area (Å²) < 4.78 is 26.5. The lowest BCUT2D eigenvalue weighted by atomic mass is 9.88. The third-order valence-corrected chi connectivity index (χ3v) is 5.07. The number of halogens is 1. The van der Waals surface area contributed by atoms with Crippen LogP contribution in [0.15, 0.2) is 0 Å².